The third-order valence-electron chi connectivity index (χ3n) is 2.14. The molecule has 0 aliphatic carbocycles. The van der Waals surface area contributed by atoms with Crippen LogP contribution in [0.25, 0.3) is 0 Å². The molecule has 0 saturated carbocycles. The molecule has 1 rings (SSSR count). The third kappa shape index (κ3) is 3.24. The molecule has 2 nitrogen and oxygen atoms in total. The van der Waals surface area contributed by atoms with Gasteiger partial charge in [-0.3, -0.25) is 4.79 Å². The average molecular weight is 232 g/mol. The minimum absolute atomic E-state index is 0.0888. The number of allylic oxidation sites excluding steroid dienone is 1. The molecule has 0 spiro atoms. The Morgan fingerprint density at radius 1 is 1.64 bits per heavy atom. The van der Waals surface area contributed by atoms with Crippen LogP contribution in [0.15, 0.2) is 10.7 Å². The summed E-state index contributed by atoms with van der Waals surface area (Å²) in [6.07, 6.45) is 1.62. The molecule has 1 aliphatic rings. The van der Waals surface area contributed by atoms with E-state index in [1.807, 2.05) is 20.8 Å². The van der Waals surface area contributed by atoms with Crippen LogP contribution in [0.1, 0.15) is 33.6 Å². The lowest BCUT2D eigenvalue weighted by atomic mass is 10.2. The van der Waals surface area contributed by atoms with Crippen molar-refractivity contribution in [2.45, 2.75) is 38.9 Å². The van der Waals surface area contributed by atoms with E-state index < -0.39 is 0 Å². The minimum atomic E-state index is 0.0888. The second kappa shape index (κ2) is 5.71. The first kappa shape index (κ1) is 12.0. The van der Waals surface area contributed by atoms with Crippen LogP contribution in [-0.4, -0.2) is 17.6 Å². The fourth-order valence-electron chi connectivity index (χ4n) is 1.13. The van der Waals surface area contributed by atoms with Crippen molar-refractivity contribution in [1.82, 2.24) is 0 Å². The van der Waals surface area contributed by atoms with E-state index in [0.717, 1.165) is 18.8 Å². The highest BCUT2D eigenvalue weighted by Gasteiger charge is 2.17. The maximum Gasteiger partial charge on any atom is 0.146 e. The van der Waals surface area contributed by atoms with Gasteiger partial charge in [0.25, 0.3) is 0 Å². The Morgan fingerprint density at radius 2 is 2.36 bits per heavy atom. The van der Waals surface area contributed by atoms with Crippen LogP contribution >= 0.6 is 21.6 Å². The van der Waals surface area contributed by atoms with Crippen LogP contribution in [0.2, 0.25) is 0 Å². The molecule has 0 amide bonds. The standard InChI is InChI=1S/C10H16O2S2/c1-4-9(11)8(3)13-14-10-5-6-12-7(10)2/h8H,4-6H2,1-3H3. The van der Waals surface area contributed by atoms with Gasteiger partial charge in [-0.05, 0) is 13.8 Å². The second-order valence-electron chi connectivity index (χ2n) is 3.22. The van der Waals surface area contributed by atoms with Gasteiger partial charge in [0.1, 0.15) is 11.5 Å². The Hall–Kier alpha value is -0.0900. The minimum Gasteiger partial charge on any atom is -0.497 e. The van der Waals surface area contributed by atoms with Crippen LogP contribution in [0.5, 0.6) is 0 Å². The molecule has 0 aromatic heterocycles. The van der Waals surface area contributed by atoms with E-state index in [9.17, 15) is 4.79 Å². The molecule has 0 fully saturated rings. The third-order valence-corrected chi connectivity index (χ3v) is 5.23. The zero-order valence-electron chi connectivity index (χ0n) is 8.83. The Kier molecular flexibility index (Phi) is 4.89. The van der Waals surface area contributed by atoms with Gasteiger partial charge in [0.2, 0.25) is 0 Å². The molecule has 0 radical (unpaired) electrons. The summed E-state index contributed by atoms with van der Waals surface area (Å²) in [5.41, 5.74) is 0. The van der Waals surface area contributed by atoms with E-state index in [1.165, 1.54) is 4.91 Å². The normalized spacial score (nSPS) is 18.2. The molecule has 1 aliphatic heterocycles. The van der Waals surface area contributed by atoms with Crippen molar-refractivity contribution >= 4 is 27.4 Å². The summed E-state index contributed by atoms with van der Waals surface area (Å²) in [6, 6.07) is 0. The van der Waals surface area contributed by atoms with Crippen LogP contribution < -0.4 is 0 Å². The molecular formula is C10H16O2S2. The molecule has 1 heterocycles. The number of ketones is 1. The summed E-state index contributed by atoms with van der Waals surface area (Å²) >= 11 is 0. The van der Waals surface area contributed by atoms with Crippen LogP contribution in [0.4, 0.5) is 0 Å². The molecule has 0 saturated heterocycles. The monoisotopic (exact) mass is 232 g/mol. The van der Waals surface area contributed by atoms with Gasteiger partial charge < -0.3 is 4.74 Å². The second-order valence-corrected chi connectivity index (χ2v) is 5.86. The van der Waals surface area contributed by atoms with E-state index in [1.54, 1.807) is 21.6 Å². The van der Waals surface area contributed by atoms with Gasteiger partial charge in [0.05, 0.1) is 11.9 Å². The molecule has 0 aromatic rings. The highest BCUT2D eigenvalue weighted by molar-refractivity contribution is 8.78. The lowest BCUT2D eigenvalue weighted by Crippen LogP contribution is -2.09. The number of Topliss-reactive ketones (excluding diaryl/α,β-unsaturated/α-hetero) is 1. The highest BCUT2D eigenvalue weighted by atomic mass is 33.1. The number of carbonyl (C=O) groups excluding carboxylic acids is 1. The Morgan fingerprint density at radius 3 is 2.86 bits per heavy atom. The van der Waals surface area contributed by atoms with Gasteiger partial charge in [-0.25, -0.2) is 0 Å². The molecule has 1 unspecified atom stereocenters. The van der Waals surface area contributed by atoms with Gasteiger partial charge in [-0.1, -0.05) is 28.5 Å². The van der Waals surface area contributed by atoms with E-state index in [0.29, 0.717) is 12.2 Å². The Balaban J connectivity index is 2.33. The van der Waals surface area contributed by atoms with Gasteiger partial charge in [0.15, 0.2) is 0 Å². The van der Waals surface area contributed by atoms with E-state index in [-0.39, 0.29) is 5.25 Å². The van der Waals surface area contributed by atoms with Gasteiger partial charge in [-0.2, -0.15) is 0 Å². The maximum atomic E-state index is 11.3. The smallest absolute Gasteiger partial charge is 0.146 e. The average Bonchev–Trinajstić information content (AvgIpc) is 2.59. The van der Waals surface area contributed by atoms with Gasteiger partial charge in [0, 0.05) is 17.7 Å². The van der Waals surface area contributed by atoms with Gasteiger partial charge in [-0.15, -0.1) is 0 Å². The largest absolute Gasteiger partial charge is 0.497 e. The molecule has 0 aromatic carbocycles. The molecular weight excluding hydrogens is 216 g/mol. The first-order valence-electron chi connectivity index (χ1n) is 4.83. The number of rotatable bonds is 5. The number of ether oxygens (including phenoxy) is 1. The van der Waals surface area contributed by atoms with E-state index in [4.69, 9.17) is 4.74 Å². The van der Waals surface area contributed by atoms with Crippen LogP contribution in [-0.2, 0) is 9.53 Å². The first-order valence-corrected chi connectivity index (χ1v) is 7.05. The van der Waals surface area contributed by atoms with Crippen molar-refractivity contribution < 1.29 is 9.53 Å². The maximum absolute atomic E-state index is 11.3. The molecule has 1 atom stereocenters. The Bertz CT molecular complexity index is 249. The molecule has 0 bridgehead atoms. The molecule has 4 heteroatoms. The zero-order valence-corrected chi connectivity index (χ0v) is 10.5. The topological polar surface area (TPSA) is 26.3 Å². The Labute approximate surface area is 93.2 Å². The summed E-state index contributed by atoms with van der Waals surface area (Å²) in [5, 5.41) is 0.0888. The predicted octanol–water partition coefficient (Wildman–Crippen LogP) is 3.39. The number of hydrogen-bond acceptors (Lipinski definition) is 4. The quantitative estimate of drug-likeness (QED) is 0.679. The van der Waals surface area contributed by atoms with Crippen molar-refractivity contribution in [3.05, 3.63) is 10.7 Å². The number of hydrogen-bond donors (Lipinski definition) is 0. The van der Waals surface area contributed by atoms with Crippen molar-refractivity contribution in [1.29, 1.82) is 0 Å². The van der Waals surface area contributed by atoms with Crippen molar-refractivity contribution in [3.63, 3.8) is 0 Å². The highest BCUT2D eigenvalue weighted by Crippen LogP contribution is 2.40. The lowest BCUT2D eigenvalue weighted by Gasteiger charge is -2.07. The predicted molar refractivity (Wildman–Crippen MR) is 63.2 cm³/mol. The fourth-order valence-corrected chi connectivity index (χ4v) is 3.71. The lowest BCUT2D eigenvalue weighted by molar-refractivity contribution is -0.117. The zero-order chi connectivity index (χ0) is 10.6. The van der Waals surface area contributed by atoms with E-state index in [2.05, 4.69) is 0 Å². The van der Waals surface area contributed by atoms with Crippen LogP contribution in [0.3, 0.4) is 0 Å². The fraction of sp³-hybridized carbons (Fsp3) is 0.700. The van der Waals surface area contributed by atoms with Gasteiger partial charge >= 0.3 is 0 Å². The van der Waals surface area contributed by atoms with Crippen LogP contribution in [0, 0.1) is 0 Å². The summed E-state index contributed by atoms with van der Waals surface area (Å²) in [6.45, 7) is 6.66. The van der Waals surface area contributed by atoms with Crippen molar-refractivity contribution in [2.24, 2.45) is 0 Å². The van der Waals surface area contributed by atoms with E-state index >= 15 is 0 Å². The van der Waals surface area contributed by atoms with Crippen molar-refractivity contribution in [2.75, 3.05) is 6.61 Å². The SMILES string of the molecule is CCC(=O)C(C)SSC1=C(C)OCC1. The molecule has 0 N–H and O–H groups in total. The first-order chi connectivity index (χ1) is 6.65. The number of carbonyl (C=O) groups is 1. The molecule has 14 heavy (non-hydrogen) atoms. The van der Waals surface area contributed by atoms with Crippen molar-refractivity contribution in [3.8, 4) is 0 Å². The summed E-state index contributed by atoms with van der Waals surface area (Å²) in [4.78, 5) is 12.6. The summed E-state index contributed by atoms with van der Waals surface area (Å²) in [5.74, 6) is 1.35. The summed E-state index contributed by atoms with van der Waals surface area (Å²) < 4.78 is 5.35. The summed E-state index contributed by atoms with van der Waals surface area (Å²) in [7, 11) is 3.33. The molecule has 80 valence electrons.